The Hall–Kier alpha value is 0.910. The van der Waals surface area contributed by atoms with Crippen LogP contribution in [0.5, 0.6) is 0 Å². The zero-order valence-electron chi connectivity index (χ0n) is 13.4. The highest BCUT2D eigenvalue weighted by Crippen LogP contribution is 2.29. The van der Waals surface area contributed by atoms with E-state index in [0.29, 0.717) is 0 Å². The second-order valence-electron chi connectivity index (χ2n) is 5.97. The highest BCUT2D eigenvalue weighted by Gasteiger charge is 2.03. The van der Waals surface area contributed by atoms with Crippen LogP contribution < -0.4 is 0 Å². The molecule has 0 aliphatic carbocycles. The zero-order chi connectivity index (χ0) is 15.3. The standard InChI is InChI=1S/C18H30BrIS/c1-2-3-4-5-6-7-8-9-10-11-12-13-14-16-15-17(19)18(20)21-16/h15H,2-14H2,1H3. The molecule has 0 bridgehead atoms. The van der Waals surface area contributed by atoms with E-state index in [1.807, 2.05) is 11.3 Å². The quantitative estimate of drug-likeness (QED) is 0.195. The van der Waals surface area contributed by atoms with E-state index in [0.717, 1.165) is 0 Å². The average Bonchev–Trinajstić information content (AvgIpc) is 2.79. The molecule has 0 spiro atoms. The Bertz CT molecular complexity index is 343. The molecule has 0 saturated carbocycles. The first-order valence-electron chi connectivity index (χ1n) is 8.67. The summed E-state index contributed by atoms with van der Waals surface area (Å²) in [6.45, 7) is 2.29. The van der Waals surface area contributed by atoms with E-state index in [-0.39, 0.29) is 0 Å². The third-order valence-electron chi connectivity index (χ3n) is 3.97. The van der Waals surface area contributed by atoms with Gasteiger partial charge in [0, 0.05) is 9.35 Å². The van der Waals surface area contributed by atoms with E-state index >= 15 is 0 Å². The molecule has 0 saturated heterocycles. The second-order valence-corrected chi connectivity index (χ2v) is 9.78. The lowest BCUT2D eigenvalue weighted by Gasteiger charge is -2.02. The lowest BCUT2D eigenvalue weighted by Crippen LogP contribution is -1.84. The van der Waals surface area contributed by atoms with Gasteiger partial charge in [0.1, 0.15) is 0 Å². The highest BCUT2D eigenvalue weighted by molar-refractivity contribution is 14.1. The third kappa shape index (κ3) is 10.3. The summed E-state index contributed by atoms with van der Waals surface area (Å²) in [4.78, 5) is 1.54. The Morgan fingerprint density at radius 1 is 0.857 bits per heavy atom. The van der Waals surface area contributed by atoms with Crippen LogP contribution in [0.3, 0.4) is 0 Å². The largest absolute Gasteiger partial charge is 0.133 e. The molecular weight excluding hydrogens is 455 g/mol. The van der Waals surface area contributed by atoms with Crippen molar-refractivity contribution in [2.75, 3.05) is 0 Å². The lowest BCUT2D eigenvalue weighted by atomic mass is 10.0. The Labute approximate surface area is 157 Å². The molecule has 0 N–H and O–H groups in total. The molecule has 3 heteroatoms. The molecule has 0 unspecified atom stereocenters. The fraction of sp³-hybridized carbons (Fsp3) is 0.778. The Balaban J connectivity index is 1.82. The van der Waals surface area contributed by atoms with Gasteiger partial charge < -0.3 is 0 Å². The van der Waals surface area contributed by atoms with Gasteiger partial charge in [0.15, 0.2) is 0 Å². The van der Waals surface area contributed by atoms with Crippen molar-refractivity contribution in [3.8, 4) is 0 Å². The molecule has 1 aromatic rings. The van der Waals surface area contributed by atoms with Gasteiger partial charge in [-0.3, -0.25) is 0 Å². The summed E-state index contributed by atoms with van der Waals surface area (Å²) < 4.78 is 2.67. The first kappa shape index (κ1) is 20.0. The van der Waals surface area contributed by atoms with Crippen LogP contribution in [0.1, 0.15) is 88.9 Å². The topological polar surface area (TPSA) is 0 Å². The van der Waals surface area contributed by atoms with Crippen molar-refractivity contribution in [2.45, 2.75) is 90.4 Å². The molecule has 0 aromatic carbocycles. The number of hydrogen-bond donors (Lipinski definition) is 0. The summed E-state index contributed by atoms with van der Waals surface area (Å²) >= 11 is 7.95. The molecular formula is C18H30BrIS. The van der Waals surface area contributed by atoms with Crippen LogP contribution in [0.2, 0.25) is 0 Å². The van der Waals surface area contributed by atoms with Gasteiger partial charge in [-0.05, 0) is 57.4 Å². The van der Waals surface area contributed by atoms with Crippen molar-refractivity contribution in [2.24, 2.45) is 0 Å². The fourth-order valence-electron chi connectivity index (χ4n) is 2.65. The first-order valence-corrected chi connectivity index (χ1v) is 11.4. The lowest BCUT2D eigenvalue weighted by molar-refractivity contribution is 0.544. The second kappa shape index (κ2) is 13.4. The van der Waals surface area contributed by atoms with Gasteiger partial charge in [0.2, 0.25) is 0 Å². The molecule has 0 nitrogen and oxygen atoms in total. The van der Waals surface area contributed by atoms with Gasteiger partial charge in [0.25, 0.3) is 0 Å². The zero-order valence-corrected chi connectivity index (χ0v) is 18.0. The number of aryl methyl sites for hydroxylation is 1. The van der Waals surface area contributed by atoms with Gasteiger partial charge in [-0.25, -0.2) is 0 Å². The van der Waals surface area contributed by atoms with Crippen LogP contribution in [0.4, 0.5) is 0 Å². The van der Waals surface area contributed by atoms with Crippen LogP contribution >= 0.6 is 49.9 Å². The maximum atomic E-state index is 3.60. The number of unbranched alkanes of at least 4 members (excludes halogenated alkanes) is 11. The molecule has 1 heterocycles. The Morgan fingerprint density at radius 2 is 1.33 bits per heavy atom. The minimum absolute atomic E-state index is 1.27. The molecule has 0 atom stereocenters. The fourth-order valence-corrected chi connectivity index (χ4v) is 5.14. The smallest absolute Gasteiger partial charge is 0.0798 e. The maximum absolute atomic E-state index is 3.60. The minimum Gasteiger partial charge on any atom is -0.133 e. The molecule has 0 fully saturated rings. The third-order valence-corrected chi connectivity index (χ3v) is 7.83. The van der Waals surface area contributed by atoms with Gasteiger partial charge in [-0.2, -0.15) is 0 Å². The summed E-state index contributed by atoms with van der Waals surface area (Å²) in [6, 6.07) is 2.30. The summed E-state index contributed by atoms with van der Waals surface area (Å²) in [5.74, 6) is 0. The van der Waals surface area contributed by atoms with Crippen molar-refractivity contribution in [3.05, 3.63) is 18.3 Å². The molecule has 0 amide bonds. The van der Waals surface area contributed by atoms with E-state index in [4.69, 9.17) is 0 Å². The molecule has 0 aliphatic heterocycles. The summed E-state index contributed by atoms with van der Waals surface area (Å²) in [6.07, 6.45) is 18.5. The van der Waals surface area contributed by atoms with E-state index in [1.165, 1.54) is 90.8 Å². The first-order chi connectivity index (χ1) is 10.2. The predicted octanol–water partition coefficient (Wildman–Crippen LogP) is 8.36. The van der Waals surface area contributed by atoms with Crippen molar-refractivity contribution >= 4 is 49.9 Å². The SMILES string of the molecule is CCCCCCCCCCCCCCc1cc(Br)c(I)s1. The number of rotatable bonds is 13. The van der Waals surface area contributed by atoms with Gasteiger partial charge in [-0.15, -0.1) is 11.3 Å². The van der Waals surface area contributed by atoms with Crippen molar-refractivity contribution in [3.63, 3.8) is 0 Å². The van der Waals surface area contributed by atoms with Crippen LogP contribution in [0, 0.1) is 2.88 Å². The summed E-state index contributed by atoms with van der Waals surface area (Å²) in [5.41, 5.74) is 0. The number of halogens is 2. The van der Waals surface area contributed by atoms with Crippen LogP contribution in [-0.4, -0.2) is 0 Å². The Kier molecular flexibility index (Phi) is 12.7. The summed E-state index contributed by atoms with van der Waals surface area (Å²) in [7, 11) is 0. The number of thiophene rings is 1. The molecule has 1 aromatic heterocycles. The van der Waals surface area contributed by atoms with Crippen LogP contribution in [-0.2, 0) is 6.42 Å². The monoisotopic (exact) mass is 484 g/mol. The number of hydrogen-bond acceptors (Lipinski definition) is 1. The van der Waals surface area contributed by atoms with Crippen molar-refractivity contribution in [1.82, 2.24) is 0 Å². The summed E-state index contributed by atoms with van der Waals surface area (Å²) in [5, 5.41) is 0. The van der Waals surface area contributed by atoms with Gasteiger partial charge in [0.05, 0.1) is 2.88 Å². The normalized spacial score (nSPS) is 11.2. The van der Waals surface area contributed by atoms with E-state index in [9.17, 15) is 0 Å². The van der Waals surface area contributed by atoms with E-state index in [1.54, 1.807) is 4.88 Å². The molecule has 0 aliphatic rings. The van der Waals surface area contributed by atoms with Gasteiger partial charge >= 0.3 is 0 Å². The predicted molar refractivity (Wildman–Crippen MR) is 110 cm³/mol. The maximum Gasteiger partial charge on any atom is 0.0798 e. The van der Waals surface area contributed by atoms with E-state index in [2.05, 4.69) is 51.5 Å². The van der Waals surface area contributed by atoms with Gasteiger partial charge in [-0.1, -0.05) is 77.6 Å². The molecule has 1 rings (SSSR count). The van der Waals surface area contributed by atoms with Crippen molar-refractivity contribution < 1.29 is 0 Å². The minimum atomic E-state index is 1.27. The van der Waals surface area contributed by atoms with Crippen LogP contribution in [0.15, 0.2) is 10.5 Å². The average molecular weight is 485 g/mol. The molecule has 21 heavy (non-hydrogen) atoms. The molecule has 0 radical (unpaired) electrons. The van der Waals surface area contributed by atoms with E-state index < -0.39 is 0 Å². The molecule has 122 valence electrons. The Morgan fingerprint density at radius 3 is 1.76 bits per heavy atom. The highest BCUT2D eigenvalue weighted by atomic mass is 127. The van der Waals surface area contributed by atoms with Crippen molar-refractivity contribution in [1.29, 1.82) is 0 Å². The van der Waals surface area contributed by atoms with Crippen LogP contribution in [0.25, 0.3) is 0 Å².